The Morgan fingerprint density at radius 1 is 1.23 bits per heavy atom. The van der Waals surface area contributed by atoms with Gasteiger partial charge in [-0.15, -0.1) is 0 Å². The normalized spacial score (nSPS) is 14.6. The lowest BCUT2D eigenvalue weighted by molar-refractivity contribution is 0.122. The van der Waals surface area contributed by atoms with Crippen LogP contribution in [0.4, 0.5) is 5.82 Å². The van der Waals surface area contributed by atoms with Gasteiger partial charge in [0.2, 0.25) is 0 Å². The summed E-state index contributed by atoms with van der Waals surface area (Å²) in [5.41, 5.74) is 5.56. The number of aryl methyl sites for hydroxylation is 2. The van der Waals surface area contributed by atoms with Crippen LogP contribution in [0.2, 0.25) is 0 Å². The topological polar surface area (TPSA) is 87.7 Å². The highest BCUT2D eigenvalue weighted by molar-refractivity contribution is 5.85. The number of hydrogen-bond acceptors (Lipinski definition) is 7. The molecule has 0 saturated carbocycles. The molecule has 3 heterocycles. The summed E-state index contributed by atoms with van der Waals surface area (Å²) in [5.74, 6) is 0.846. The van der Waals surface area contributed by atoms with Gasteiger partial charge in [-0.05, 0) is 44.2 Å². The van der Waals surface area contributed by atoms with Crippen LogP contribution in [0.15, 0.2) is 29.3 Å². The van der Waals surface area contributed by atoms with E-state index in [9.17, 15) is 0 Å². The Balaban J connectivity index is 1.52. The molecule has 1 aliphatic heterocycles. The molecule has 1 aliphatic rings. The first-order valence-electron chi connectivity index (χ1n) is 10.7. The van der Waals surface area contributed by atoms with Gasteiger partial charge in [0, 0.05) is 48.5 Å². The summed E-state index contributed by atoms with van der Waals surface area (Å²) in [4.78, 5) is 19.4. The third-order valence-electron chi connectivity index (χ3n) is 5.50. The van der Waals surface area contributed by atoms with E-state index in [1.54, 1.807) is 6.21 Å². The summed E-state index contributed by atoms with van der Waals surface area (Å²) in [6, 6.07) is 8.77. The lowest BCUT2D eigenvalue weighted by atomic mass is 10.1. The van der Waals surface area contributed by atoms with Gasteiger partial charge in [0.1, 0.15) is 12.4 Å². The first kappa shape index (κ1) is 21.3. The highest BCUT2D eigenvalue weighted by atomic mass is 16.5. The van der Waals surface area contributed by atoms with Crippen LogP contribution in [0.25, 0.3) is 10.9 Å². The van der Waals surface area contributed by atoms with Crippen molar-refractivity contribution in [2.45, 2.75) is 20.4 Å². The predicted octanol–water partition coefficient (Wildman–Crippen LogP) is 2.63. The van der Waals surface area contributed by atoms with Gasteiger partial charge in [0.25, 0.3) is 0 Å². The molecule has 0 unspecified atom stereocenters. The fourth-order valence-electron chi connectivity index (χ4n) is 3.61. The molecule has 4 rings (SSSR count). The van der Waals surface area contributed by atoms with E-state index in [0.29, 0.717) is 32.4 Å². The lowest BCUT2D eigenvalue weighted by Gasteiger charge is -2.28. The molecule has 8 heteroatoms. The zero-order valence-corrected chi connectivity index (χ0v) is 18.4. The van der Waals surface area contributed by atoms with Gasteiger partial charge in [-0.2, -0.15) is 9.97 Å². The summed E-state index contributed by atoms with van der Waals surface area (Å²) >= 11 is 0. The average Bonchev–Trinajstić information content (AvgIpc) is 3.08. The van der Waals surface area contributed by atoms with Crippen LogP contribution in [-0.4, -0.2) is 67.7 Å². The highest BCUT2D eigenvalue weighted by Gasteiger charge is 2.15. The number of benzene rings is 1. The standard InChI is InChI=1S/C23H30N6O2/c1-16-17(2)26-21-5-4-18(12-20(16)21)14-25-15-19-13-22(29-7-10-30-11-8-29)28-23(27-19)31-9-6-24-3/h4-5,12-13,15,24,26H,6-11,14H2,1-3H3. The van der Waals surface area contributed by atoms with Crippen LogP contribution in [0.1, 0.15) is 22.5 Å². The minimum Gasteiger partial charge on any atom is -0.462 e. The van der Waals surface area contributed by atoms with Gasteiger partial charge in [-0.1, -0.05) is 6.07 Å². The monoisotopic (exact) mass is 422 g/mol. The van der Waals surface area contributed by atoms with Gasteiger partial charge in [0.15, 0.2) is 0 Å². The minimum atomic E-state index is 0.375. The van der Waals surface area contributed by atoms with E-state index in [1.807, 2.05) is 13.1 Å². The smallest absolute Gasteiger partial charge is 0.319 e. The zero-order valence-electron chi connectivity index (χ0n) is 18.4. The van der Waals surface area contributed by atoms with E-state index in [2.05, 4.69) is 62.2 Å². The van der Waals surface area contributed by atoms with E-state index >= 15 is 0 Å². The summed E-state index contributed by atoms with van der Waals surface area (Å²) in [7, 11) is 1.89. The number of aromatic nitrogens is 3. The van der Waals surface area contributed by atoms with Gasteiger partial charge < -0.3 is 24.7 Å². The van der Waals surface area contributed by atoms with E-state index in [-0.39, 0.29) is 0 Å². The van der Waals surface area contributed by atoms with Gasteiger partial charge in [-0.3, -0.25) is 4.99 Å². The second-order valence-electron chi connectivity index (χ2n) is 7.71. The van der Waals surface area contributed by atoms with Crippen molar-refractivity contribution in [2.24, 2.45) is 4.99 Å². The fraction of sp³-hybridized carbons (Fsp3) is 0.435. The maximum atomic E-state index is 5.74. The van der Waals surface area contributed by atoms with E-state index in [1.165, 1.54) is 22.2 Å². The number of nitrogens with one attached hydrogen (secondary N) is 2. The fourth-order valence-corrected chi connectivity index (χ4v) is 3.61. The third-order valence-corrected chi connectivity index (χ3v) is 5.50. The Morgan fingerprint density at radius 2 is 2.06 bits per heavy atom. The Labute approximate surface area is 182 Å². The molecule has 0 atom stereocenters. The number of likely N-dealkylation sites (N-methyl/N-ethyl adjacent to an activating group) is 1. The van der Waals surface area contributed by atoms with Crippen molar-refractivity contribution in [1.29, 1.82) is 0 Å². The first-order chi connectivity index (χ1) is 15.1. The molecule has 1 fully saturated rings. The number of aromatic amines is 1. The molecular formula is C23H30N6O2. The summed E-state index contributed by atoms with van der Waals surface area (Å²) in [6.07, 6.45) is 1.80. The van der Waals surface area contributed by atoms with Crippen LogP contribution >= 0.6 is 0 Å². The van der Waals surface area contributed by atoms with Crippen molar-refractivity contribution in [3.05, 3.63) is 46.8 Å². The summed E-state index contributed by atoms with van der Waals surface area (Å²) in [5, 5.41) is 4.32. The molecule has 31 heavy (non-hydrogen) atoms. The maximum absolute atomic E-state index is 5.74. The van der Waals surface area contributed by atoms with Crippen molar-refractivity contribution in [3.63, 3.8) is 0 Å². The lowest BCUT2D eigenvalue weighted by Crippen LogP contribution is -2.37. The molecule has 0 spiro atoms. The number of anilines is 1. The zero-order chi connectivity index (χ0) is 21.6. The Hall–Kier alpha value is -2.97. The van der Waals surface area contributed by atoms with Crippen LogP contribution in [0.3, 0.4) is 0 Å². The number of hydrogen-bond donors (Lipinski definition) is 2. The maximum Gasteiger partial charge on any atom is 0.319 e. The van der Waals surface area contributed by atoms with Crippen LogP contribution < -0.4 is 15.0 Å². The van der Waals surface area contributed by atoms with E-state index in [4.69, 9.17) is 9.47 Å². The van der Waals surface area contributed by atoms with Gasteiger partial charge in [-0.25, -0.2) is 0 Å². The molecule has 2 N–H and O–H groups in total. The van der Waals surface area contributed by atoms with Crippen molar-refractivity contribution < 1.29 is 9.47 Å². The number of nitrogens with zero attached hydrogens (tertiary/aromatic N) is 4. The van der Waals surface area contributed by atoms with Crippen molar-refractivity contribution in [2.75, 3.05) is 51.4 Å². The predicted molar refractivity (Wildman–Crippen MR) is 124 cm³/mol. The van der Waals surface area contributed by atoms with Crippen LogP contribution in [-0.2, 0) is 11.3 Å². The Kier molecular flexibility index (Phi) is 6.79. The quantitative estimate of drug-likeness (QED) is 0.429. The first-order valence-corrected chi connectivity index (χ1v) is 10.7. The Morgan fingerprint density at radius 3 is 2.87 bits per heavy atom. The summed E-state index contributed by atoms with van der Waals surface area (Å²) in [6.45, 7) is 9.08. The number of aliphatic imine (C=N–C) groups is 1. The van der Waals surface area contributed by atoms with E-state index < -0.39 is 0 Å². The van der Waals surface area contributed by atoms with E-state index in [0.717, 1.165) is 36.7 Å². The number of morpholine rings is 1. The van der Waals surface area contributed by atoms with Gasteiger partial charge >= 0.3 is 6.01 Å². The molecule has 3 aromatic rings. The second-order valence-corrected chi connectivity index (χ2v) is 7.71. The van der Waals surface area contributed by atoms with Crippen LogP contribution in [0.5, 0.6) is 6.01 Å². The average molecular weight is 423 g/mol. The minimum absolute atomic E-state index is 0.375. The molecule has 0 amide bonds. The number of fused-ring (bicyclic) bond motifs is 1. The van der Waals surface area contributed by atoms with Crippen LogP contribution in [0, 0.1) is 13.8 Å². The number of H-pyrrole nitrogens is 1. The largest absolute Gasteiger partial charge is 0.462 e. The van der Waals surface area contributed by atoms with Crippen molar-refractivity contribution in [3.8, 4) is 6.01 Å². The number of rotatable bonds is 8. The molecule has 0 radical (unpaired) electrons. The second kappa shape index (κ2) is 9.89. The summed E-state index contributed by atoms with van der Waals surface area (Å²) < 4.78 is 11.2. The number of ether oxygens (including phenoxy) is 2. The van der Waals surface area contributed by atoms with Crippen molar-refractivity contribution >= 4 is 22.9 Å². The molecule has 1 saturated heterocycles. The molecule has 0 aliphatic carbocycles. The molecular weight excluding hydrogens is 392 g/mol. The molecule has 164 valence electrons. The van der Waals surface area contributed by atoms with Gasteiger partial charge in [0.05, 0.1) is 25.5 Å². The molecule has 0 bridgehead atoms. The third kappa shape index (κ3) is 5.21. The molecule has 1 aromatic carbocycles. The SMILES string of the molecule is CNCCOc1nc(C=NCc2ccc3[nH]c(C)c(C)c3c2)cc(N2CCOCC2)n1. The van der Waals surface area contributed by atoms with Crippen molar-refractivity contribution in [1.82, 2.24) is 20.3 Å². The molecule has 8 nitrogen and oxygen atoms in total. The highest BCUT2D eigenvalue weighted by Crippen LogP contribution is 2.23. The molecule has 2 aromatic heterocycles. The Bertz CT molecular complexity index is 1060.